The van der Waals surface area contributed by atoms with Gasteiger partial charge in [-0.15, -0.1) is 0 Å². The van der Waals surface area contributed by atoms with E-state index in [9.17, 15) is 4.79 Å². The first-order chi connectivity index (χ1) is 14.7. The van der Waals surface area contributed by atoms with Crippen LogP contribution in [0.1, 0.15) is 41.3 Å². The Hall–Kier alpha value is -2.85. The predicted octanol–water partition coefficient (Wildman–Crippen LogP) is 4.98. The number of ether oxygens (including phenoxy) is 1. The molecule has 0 N–H and O–H groups in total. The lowest BCUT2D eigenvalue weighted by Gasteiger charge is -2.35. The van der Waals surface area contributed by atoms with Crippen molar-refractivity contribution in [2.45, 2.75) is 45.2 Å². The molecule has 0 amide bonds. The molecule has 1 heterocycles. The first-order valence-corrected chi connectivity index (χ1v) is 11.0. The second-order valence-electron chi connectivity index (χ2n) is 8.00. The Labute approximate surface area is 179 Å². The third kappa shape index (κ3) is 4.82. The fourth-order valence-electron chi connectivity index (χ4n) is 4.42. The highest BCUT2D eigenvalue weighted by Crippen LogP contribution is 2.32. The molecule has 1 aliphatic rings. The van der Waals surface area contributed by atoms with Gasteiger partial charge >= 0.3 is 5.97 Å². The summed E-state index contributed by atoms with van der Waals surface area (Å²) < 4.78 is 8.03. The van der Waals surface area contributed by atoms with Crippen LogP contribution >= 0.6 is 0 Å². The van der Waals surface area contributed by atoms with Crippen LogP contribution in [0.3, 0.4) is 0 Å². The molecule has 0 bridgehead atoms. The molecule has 4 nitrogen and oxygen atoms in total. The fourth-order valence-corrected chi connectivity index (χ4v) is 4.42. The van der Waals surface area contributed by atoms with E-state index < -0.39 is 0 Å². The van der Waals surface area contributed by atoms with Gasteiger partial charge in [-0.2, -0.15) is 0 Å². The van der Waals surface area contributed by atoms with Crippen LogP contribution in [0.25, 0.3) is 0 Å². The van der Waals surface area contributed by atoms with Crippen molar-refractivity contribution in [3.63, 3.8) is 0 Å². The lowest BCUT2D eigenvalue weighted by Crippen LogP contribution is -2.41. The summed E-state index contributed by atoms with van der Waals surface area (Å²) in [5, 5.41) is 0. The number of carbonyl (C=O) groups excluding carboxylic acids is 1. The van der Waals surface area contributed by atoms with Crippen molar-refractivity contribution >= 4 is 5.97 Å². The second kappa shape index (κ2) is 9.77. The Morgan fingerprint density at radius 2 is 1.83 bits per heavy atom. The molecule has 0 saturated carbocycles. The normalized spacial score (nSPS) is 15.7. The highest BCUT2D eigenvalue weighted by atomic mass is 16.5. The molecular weight excluding hydrogens is 372 g/mol. The number of carbonyl (C=O) groups is 1. The first-order valence-electron chi connectivity index (χ1n) is 11.0. The lowest BCUT2D eigenvalue weighted by atomic mass is 9.86. The third-order valence-corrected chi connectivity index (χ3v) is 5.96. The van der Waals surface area contributed by atoms with Crippen molar-refractivity contribution in [3.8, 4) is 5.75 Å². The molecule has 1 atom stereocenters. The molecule has 0 fully saturated rings. The maximum Gasteiger partial charge on any atom is 0.343 e. The standard InChI is InChI=1S/C26H30N2O2/c1-2-15-28(19-18-27-16-6-7-17-27)23-13-14-24-22(20-23)11-8-12-25(24)30-26(29)21-9-4-3-5-10-21/h3-12,16-17,23H,2,13-15,18-20H2,1H3. The van der Waals surface area contributed by atoms with E-state index in [-0.39, 0.29) is 5.97 Å². The molecule has 0 aliphatic heterocycles. The van der Waals surface area contributed by atoms with Gasteiger partial charge in [0.15, 0.2) is 0 Å². The number of benzene rings is 2. The minimum atomic E-state index is -0.287. The Morgan fingerprint density at radius 1 is 1.03 bits per heavy atom. The van der Waals surface area contributed by atoms with Gasteiger partial charge in [0.25, 0.3) is 0 Å². The molecule has 1 aliphatic carbocycles. The van der Waals surface area contributed by atoms with Gasteiger partial charge in [-0.3, -0.25) is 4.90 Å². The molecule has 0 radical (unpaired) electrons. The van der Waals surface area contributed by atoms with Crippen molar-refractivity contribution in [1.82, 2.24) is 9.47 Å². The maximum absolute atomic E-state index is 12.5. The lowest BCUT2D eigenvalue weighted by molar-refractivity contribution is 0.0732. The van der Waals surface area contributed by atoms with Gasteiger partial charge in [0.05, 0.1) is 5.56 Å². The molecule has 0 saturated heterocycles. The van der Waals surface area contributed by atoms with E-state index in [1.807, 2.05) is 30.3 Å². The maximum atomic E-state index is 12.5. The number of nitrogens with zero attached hydrogens (tertiary/aromatic N) is 2. The molecule has 4 rings (SSSR count). The van der Waals surface area contributed by atoms with Crippen molar-refractivity contribution in [2.24, 2.45) is 0 Å². The van der Waals surface area contributed by atoms with Gasteiger partial charge < -0.3 is 9.30 Å². The Kier molecular flexibility index (Phi) is 6.65. The summed E-state index contributed by atoms with van der Waals surface area (Å²) in [6, 6.07) is 20.0. The van der Waals surface area contributed by atoms with E-state index in [1.54, 1.807) is 12.1 Å². The van der Waals surface area contributed by atoms with Crippen molar-refractivity contribution in [3.05, 3.63) is 89.7 Å². The molecule has 1 unspecified atom stereocenters. The third-order valence-electron chi connectivity index (χ3n) is 5.96. The molecule has 30 heavy (non-hydrogen) atoms. The second-order valence-corrected chi connectivity index (χ2v) is 8.00. The minimum absolute atomic E-state index is 0.287. The zero-order chi connectivity index (χ0) is 20.8. The quantitative estimate of drug-likeness (QED) is 0.394. The number of hydrogen-bond acceptors (Lipinski definition) is 3. The van der Waals surface area contributed by atoms with Crippen LogP contribution in [-0.2, 0) is 19.4 Å². The highest BCUT2D eigenvalue weighted by molar-refractivity contribution is 5.91. The van der Waals surface area contributed by atoms with Gasteiger partial charge in [-0.1, -0.05) is 37.3 Å². The molecule has 4 heteroatoms. The van der Waals surface area contributed by atoms with Crippen LogP contribution in [0, 0.1) is 0 Å². The Balaban J connectivity index is 1.45. The van der Waals surface area contributed by atoms with Crippen LogP contribution < -0.4 is 4.74 Å². The SMILES string of the molecule is CCCN(CCn1cccc1)C1CCc2c(cccc2OC(=O)c2ccccc2)C1. The predicted molar refractivity (Wildman–Crippen MR) is 120 cm³/mol. The van der Waals surface area contributed by atoms with Crippen LogP contribution in [0.4, 0.5) is 0 Å². The average Bonchev–Trinajstić information content (AvgIpc) is 3.31. The highest BCUT2D eigenvalue weighted by Gasteiger charge is 2.26. The molecule has 1 aromatic heterocycles. The number of aromatic nitrogens is 1. The number of fused-ring (bicyclic) bond motifs is 1. The van der Waals surface area contributed by atoms with E-state index in [0.29, 0.717) is 17.4 Å². The fraction of sp³-hybridized carbons (Fsp3) is 0.346. The molecular formula is C26H30N2O2. The summed E-state index contributed by atoms with van der Waals surface area (Å²) in [5.41, 5.74) is 3.09. The number of rotatable bonds is 8. The van der Waals surface area contributed by atoms with E-state index in [2.05, 4.69) is 47.0 Å². The van der Waals surface area contributed by atoms with Gasteiger partial charge in [-0.25, -0.2) is 4.79 Å². The van der Waals surface area contributed by atoms with Crippen LogP contribution in [0.15, 0.2) is 73.1 Å². The monoisotopic (exact) mass is 402 g/mol. The Morgan fingerprint density at radius 3 is 2.60 bits per heavy atom. The smallest absolute Gasteiger partial charge is 0.343 e. The molecule has 3 aromatic rings. The van der Waals surface area contributed by atoms with Crippen molar-refractivity contribution < 1.29 is 9.53 Å². The van der Waals surface area contributed by atoms with Gasteiger partial charge in [0.2, 0.25) is 0 Å². The summed E-state index contributed by atoms with van der Waals surface area (Å²) in [5.74, 6) is 0.430. The number of esters is 1. The largest absolute Gasteiger partial charge is 0.423 e. The summed E-state index contributed by atoms with van der Waals surface area (Å²) >= 11 is 0. The van der Waals surface area contributed by atoms with E-state index in [0.717, 1.165) is 45.3 Å². The average molecular weight is 403 g/mol. The zero-order valence-electron chi connectivity index (χ0n) is 17.7. The van der Waals surface area contributed by atoms with Crippen molar-refractivity contribution in [2.75, 3.05) is 13.1 Å². The summed E-state index contributed by atoms with van der Waals surface area (Å²) in [4.78, 5) is 15.2. The van der Waals surface area contributed by atoms with E-state index in [4.69, 9.17) is 4.74 Å². The summed E-state index contributed by atoms with van der Waals surface area (Å²) in [7, 11) is 0. The Bertz CT molecular complexity index is 950. The minimum Gasteiger partial charge on any atom is -0.423 e. The number of hydrogen-bond donors (Lipinski definition) is 0. The van der Waals surface area contributed by atoms with Crippen LogP contribution in [0.5, 0.6) is 5.75 Å². The summed E-state index contributed by atoms with van der Waals surface area (Å²) in [6.07, 6.45) is 8.48. The van der Waals surface area contributed by atoms with Gasteiger partial charge in [0, 0.05) is 31.5 Å². The molecule has 2 aromatic carbocycles. The summed E-state index contributed by atoms with van der Waals surface area (Å²) in [6.45, 7) is 5.45. The molecule has 0 spiro atoms. The zero-order valence-corrected chi connectivity index (χ0v) is 17.7. The van der Waals surface area contributed by atoms with Gasteiger partial charge in [0.1, 0.15) is 5.75 Å². The van der Waals surface area contributed by atoms with E-state index >= 15 is 0 Å². The molecule has 156 valence electrons. The van der Waals surface area contributed by atoms with Crippen LogP contribution in [0.2, 0.25) is 0 Å². The van der Waals surface area contributed by atoms with Crippen molar-refractivity contribution in [1.29, 1.82) is 0 Å². The van der Waals surface area contributed by atoms with Crippen LogP contribution in [-0.4, -0.2) is 34.6 Å². The topological polar surface area (TPSA) is 34.5 Å². The van der Waals surface area contributed by atoms with Gasteiger partial charge in [-0.05, 0) is 73.7 Å². The first kappa shape index (κ1) is 20.4. The van der Waals surface area contributed by atoms with E-state index in [1.165, 1.54) is 11.1 Å².